The lowest BCUT2D eigenvalue weighted by molar-refractivity contribution is 0.398. The Morgan fingerprint density at radius 2 is 0.657 bits per heavy atom. The summed E-state index contributed by atoms with van der Waals surface area (Å²) in [5.74, 6) is 0. The molecular formula is C67H68. The summed E-state index contributed by atoms with van der Waals surface area (Å²) < 4.78 is 0. The van der Waals surface area contributed by atoms with Crippen LogP contribution in [0.1, 0.15) is 126 Å². The average Bonchev–Trinajstić information content (AvgIpc) is 3.63. The standard InChI is InChI=1S/C67H68/c1-5-7-9-11-13-19-39-67(40-20-14-12-10-8-6-2)65-41-48(4)27-36-62(65)63-38-35-53(46-66(63)67)56-43-54(51-32-30-50(31-33-51)49-28-25-47(3)26-29-49)42-55(44-56)52-34-37-61-59-23-16-15-21-57(59)58-22-17-18-24-60(58)64(61)45-52/h15-18,21-38,41-46H,5-14,19-20,39-40H2,1-4H3. The van der Waals surface area contributed by atoms with Gasteiger partial charge in [-0.15, -0.1) is 0 Å². The molecule has 0 aliphatic heterocycles. The smallest absolute Gasteiger partial charge is 0.0215 e. The molecule has 1 aliphatic rings. The molecule has 0 saturated heterocycles. The second-order valence-electron chi connectivity index (χ2n) is 20.0. The van der Waals surface area contributed by atoms with E-state index in [9.17, 15) is 0 Å². The van der Waals surface area contributed by atoms with E-state index in [0.29, 0.717) is 0 Å². The summed E-state index contributed by atoms with van der Waals surface area (Å²) in [6.07, 6.45) is 18.3. The summed E-state index contributed by atoms with van der Waals surface area (Å²) in [6.45, 7) is 9.11. The van der Waals surface area contributed by atoms with E-state index in [1.165, 1.54) is 189 Å². The topological polar surface area (TPSA) is 0 Å². The van der Waals surface area contributed by atoms with Crippen LogP contribution in [0.5, 0.6) is 0 Å². The molecule has 0 N–H and O–H groups in total. The Bertz CT molecular complexity index is 3110. The van der Waals surface area contributed by atoms with Crippen LogP contribution in [0, 0.1) is 13.8 Å². The summed E-state index contributed by atoms with van der Waals surface area (Å²) >= 11 is 0. The Kier molecular flexibility index (Phi) is 13.3. The van der Waals surface area contributed by atoms with Gasteiger partial charge in [-0.1, -0.05) is 242 Å². The Morgan fingerprint density at radius 3 is 1.21 bits per heavy atom. The van der Waals surface area contributed by atoms with Crippen molar-refractivity contribution in [1.82, 2.24) is 0 Å². The van der Waals surface area contributed by atoms with Crippen molar-refractivity contribution < 1.29 is 0 Å². The Hall–Kier alpha value is -6.24. The third-order valence-corrected chi connectivity index (χ3v) is 15.4. The molecule has 0 nitrogen and oxygen atoms in total. The zero-order valence-corrected chi connectivity index (χ0v) is 40.6. The van der Waals surface area contributed by atoms with Gasteiger partial charge < -0.3 is 0 Å². The zero-order chi connectivity index (χ0) is 45.7. The molecule has 0 aromatic heterocycles. The minimum atomic E-state index is 0.0244. The predicted molar refractivity (Wildman–Crippen MR) is 292 cm³/mol. The van der Waals surface area contributed by atoms with Crippen LogP contribution in [-0.4, -0.2) is 0 Å². The molecule has 336 valence electrons. The Labute approximate surface area is 401 Å². The molecule has 0 atom stereocenters. The van der Waals surface area contributed by atoms with Crippen LogP contribution in [0.25, 0.3) is 88.0 Å². The number of rotatable bonds is 18. The van der Waals surface area contributed by atoms with Gasteiger partial charge in [-0.2, -0.15) is 0 Å². The van der Waals surface area contributed by atoms with E-state index in [-0.39, 0.29) is 5.41 Å². The van der Waals surface area contributed by atoms with Crippen molar-refractivity contribution in [1.29, 1.82) is 0 Å². The second kappa shape index (κ2) is 19.9. The maximum Gasteiger partial charge on any atom is 0.0215 e. The van der Waals surface area contributed by atoms with E-state index in [1.807, 2.05) is 0 Å². The van der Waals surface area contributed by atoms with Crippen LogP contribution < -0.4 is 0 Å². The van der Waals surface area contributed by atoms with Gasteiger partial charge in [0.15, 0.2) is 0 Å². The van der Waals surface area contributed by atoms with Crippen molar-refractivity contribution in [2.75, 3.05) is 0 Å². The molecule has 1 aliphatic carbocycles. The van der Waals surface area contributed by atoms with E-state index >= 15 is 0 Å². The van der Waals surface area contributed by atoms with Crippen molar-refractivity contribution in [3.8, 4) is 55.6 Å². The fourth-order valence-corrected chi connectivity index (χ4v) is 11.7. The third kappa shape index (κ3) is 9.01. The van der Waals surface area contributed by atoms with Crippen molar-refractivity contribution in [2.45, 2.75) is 123 Å². The average molecular weight is 873 g/mol. The van der Waals surface area contributed by atoms with Crippen LogP contribution >= 0.6 is 0 Å². The summed E-state index contributed by atoms with van der Waals surface area (Å²) in [7, 11) is 0. The molecule has 0 heterocycles. The molecule has 0 saturated carbocycles. The van der Waals surface area contributed by atoms with E-state index in [0.717, 1.165) is 0 Å². The fraction of sp³-hybridized carbons (Fsp3) is 0.284. The fourth-order valence-electron chi connectivity index (χ4n) is 11.7. The normalized spacial score (nSPS) is 12.8. The minimum Gasteiger partial charge on any atom is -0.0654 e. The number of fused-ring (bicyclic) bond motifs is 9. The summed E-state index contributed by atoms with van der Waals surface area (Å²) in [4.78, 5) is 0. The lowest BCUT2D eigenvalue weighted by atomic mass is 9.70. The Morgan fingerprint density at radius 1 is 0.284 bits per heavy atom. The number of hydrogen-bond acceptors (Lipinski definition) is 0. The number of hydrogen-bond donors (Lipinski definition) is 0. The first kappa shape index (κ1) is 44.6. The van der Waals surface area contributed by atoms with E-state index in [4.69, 9.17) is 0 Å². The monoisotopic (exact) mass is 873 g/mol. The quantitative estimate of drug-likeness (QED) is 0.0595. The highest BCUT2D eigenvalue weighted by molar-refractivity contribution is 6.25. The number of unbranched alkanes of at least 4 members (excludes halogenated alkanes) is 10. The maximum atomic E-state index is 2.64. The number of benzene rings is 9. The molecular weight excluding hydrogens is 805 g/mol. The zero-order valence-electron chi connectivity index (χ0n) is 40.6. The predicted octanol–water partition coefficient (Wildman–Crippen LogP) is 20.2. The maximum absolute atomic E-state index is 2.64. The first-order chi connectivity index (χ1) is 32.9. The first-order valence-electron chi connectivity index (χ1n) is 25.9. The summed E-state index contributed by atoms with van der Waals surface area (Å²) in [5.41, 5.74) is 18.8. The lowest BCUT2D eigenvalue weighted by Gasteiger charge is -2.33. The van der Waals surface area contributed by atoms with Crippen LogP contribution in [-0.2, 0) is 5.41 Å². The van der Waals surface area contributed by atoms with Crippen molar-refractivity contribution in [3.05, 3.63) is 192 Å². The van der Waals surface area contributed by atoms with Gasteiger partial charge in [0.05, 0.1) is 0 Å². The molecule has 0 spiro atoms. The molecule has 0 bridgehead atoms. The van der Waals surface area contributed by atoms with E-state index in [2.05, 4.69) is 198 Å². The van der Waals surface area contributed by atoms with Gasteiger partial charge in [0, 0.05) is 5.41 Å². The molecule has 67 heavy (non-hydrogen) atoms. The second-order valence-corrected chi connectivity index (χ2v) is 20.0. The van der Waals surface area contributed by atoms with Gasteiger partial charge >= 0.3 is 0 Å². The van der Waals surface area contributed by atoms with Gasteiger partial charge in [-0.3, -0.25) is 0 Å². The highest BCUT2D eigenvalue weighted by Crippen LogP contribution is 2.55. The SMILES string of the molecule is CCCCCCCCC1(CCCCCCCC)c2cc(C)ccc2-c2ccc(-c3cc(-c4ccc(-c5ccc(C)cc5)cc4)cc(-c4ccc5c6ccccc6c6ccccc6c5c4)c3)cc21. The summed E-state index contributed by atoms with van der Waals surface area (Å²) in [6, 6.07) is 65.5. The molecule has 0 unspecified atom stereocenters. The van der Waals surface area contributed by atoms with E-state index < -0.39 is 0 Å². The highest BCUT2D eigenvalue weighted by atomic mass is 14.5. The van der Waals surface area contributed by atoms with E-state index in [1.54, 1.807) is 11.1 Å². The van der Waals surface area contributed by atoms with Crippen LogP contribution in [0.3, 0.4) is 0 Å². The molecule has 0 amide bonds. The van der Waals surface area contributed by atoms with Gasteiger partial charge in [0.1, 0.15) is 0 Å². The minimum absolute atomic E-state index is 0.0244. The van der Waals surface area contributed by atoms with Gasteiger partial charge in [0.2, 0.25) is 0 Å². The number of aryl methyl sites for hydroxylation is 2. The van der Waals surface area contributed by atoms with Crippen LogP contribution in [0.4, 0.5) is 0 Å². The third-order valence-electron chi connectivity index (χ3n) is 15.4. The largest absolute Gasteiger partial charge is 0.0654 e. The molecule has 10 rings (SSSR count). The molecule has 0 heteroatoms. The molecule has 0 fully saturated rings. The van der Waals surface area contributed by atoms with Gasteiger partial charge in [-0.05, 0) is 156 Å². The summed E-state index contributed by atoms with van der Waals surface area (Å²) in [5, 5.41) is 7.86. The lowest BCUT2D eigenvalue weighted by Crippen LogP contribution is -2.25. The molecule has 0 radical (unpaired) electrons. The molecule has 9 aromatic carbocycles. The van der Waals surface area contributed by atoms with Gasteiger partial charge in [0.25, 0.3) is 0 Å². The Balaban J connectivity index is 1.11. The highest BCUT2D eigenvalue weighted by Gasteiger charge is 2.42. The molecule has 9 aromatic rings. The van der Waals surface area contributed by atoms with Crippen LogP contribution in [0.15, 0.2) is 170 Å². The van der Waals surface area contributed by atoms with Crippen molar-refractivity contribution in [3.63, 3.8) is 0 Å². The van der Waals surface area contributed by atoms with Crippen molar-refractivity contribution >= 4 is 32.3 Å². The van der Waals surface area contributed by atoms with Crippen molar-refractivity contribution in [2.24, 2.45) is 0 Å². The first-order valence-corrected chi connectivity index (χ1v) is 25.9. The van der Waals surface area contributed by atoms with Gasteiger partial charge in [-0.25, -0.2) is 0 Å². The van der Waals surface area contributed by atoms with Crippen LogP contribution in [0.2, 0.25) is 0 Å².